The van der Waals surface area contributed by atoms with Gasteiger partial charge in [-0.1, -0.05) is 12.1 Å². The molecule has 3 heterocycles. The molecule has 32 heavy (non-hydrogen) atoms. The number of amides is 1. The van der Waals surface area contributed by atoms with Crippen LogP contribution < -0.4 is 0 Å². The van der Waals surface area contributed by atoms with Gasteiger partial charge in [0.1, 0.15) is 5.65 Å². The van der Waals surface area contributed by atoms with Gasteiger partial charge in [-0.15, -0.1) is 0 Å². The second-order valence-electron chi connectivity index (χ2n) is 8.75. The first-order valence-corrected chi connectivity index (χ1v) is 11.4. The van der Waals surface area contributed by atoms with Crippen LogP contribution >= 0.6 is 0 Å². The van der Waals surface area contributed by atoms with Gasteiger partial charge in [0.15, 0.2) is 0 Å². The Balaban J connectivity index is 1.66. The molecule has 2 aromatic heterocycles. The molecule has 0 radical (unpaired) electrons. The first-order valence-electron chi connectivity index (χ1n) is 11.4. The van der Waals surface area contributed by atoms with Crippen molar-refractivity contribution in [2.24, 2.45) is 5.92 Å². The van der Waals surface area contributed by atoms with Crippen molar-refractivity contribution in [3.63, 3.8) is 0 Å². The monoisotopic (exact) mass is 433 g/mol. The van der Waals surface area contributed by atoms with Crippen molar-refractivity contribution in [1.82, 2.24) is 14.3 Å². The Morgan fingerprint density at radius 1 is 1.12 bits per heavy atom. The van der Waals surface area contributed by atoms with Gasteiger partial charge in [-0.05, 0) is 75.4 Å². The molecule has 1 fully saturated rings. The molecule has 0 spiro atoms. The smallest absolute Gasteiger partial charge is 0.310 e. The molecule has 1 atom stereocenters. The molecule has 6 nitrogen and oxygen atoms in total. The van der Waals surface area contributed by atoms with E-state index in [0.717, 1.165) is 41.0 Å². The molecule has 0 aliphatic carbocycles. The van der Waals surface area contributed by atoms with Gasteiger partial charge < -0.3 is 14.0 Å². The fourth-order valence-electron chi connectivity index (χ4n) is 4.40. The quantitative estimate of drug-likeness (QED) is 0.564. The van der Waals surface area contributed by atoms with Crippen molar-refractivity contribution in [3.05, 3.63) is 58.9 Å². The average molecular weight is 434 g/mol. The molecule has 1 aliphatic rings. The standard InChI is InChI=1S/C26H31N3O3/c1-5-32-26(31)21-7-6-11-28(16-21)24(30)15-22-25(20-9-8-18(3)19(4)14-20)27-23-13-17(2)10-12-29(22)23/h8-10,12-14,21H,5-7,11,15-16H2,1-4H3. The zero-order valence-electron chi connectivity index (χ0n) is 19.4. The highest BCUT2D eigenvalue weighted by atomic mass is 16.5. The molecule has 1 unspecified atom stereocenters. The summed E-state index contributed by atoms with van der Waals surface area (Å²) in [6.07, 6.45) is 3.81. The Hall–Kier alpha value is -3.15. The maximum atomic E-state index is 13.3. The number of aromatic nitrogens is 2. The van der Waals surface area contributed by atoms with Gasteiger partial charge in [0, 0.05) is 24.8 Å². The lowest BCUT2D eigenvalue weighted by Crippen LogP contribution is -2.43. The topological polar surface area (TPSA) is 63.9 Å². The van der Waals surface area contributed by atoms with E-state index >= 15 is 0 Å². The van der Waals surface area contributed by atoms with Gasteiger partial charge in [-0.2, -0.15) is 0 Å². The summed E-state index contributed by atoms with van der Waals surface area (Å²) in [6, 6.07) is 10.4. The van der Waals surface area contributed by atoms with Crippen molar-refractivity contribution < 1.29 is 14.3 Å². The zero-order chi connectivity index (χ0) is 22.8. The Bertz CT molecular complexity index is 1160. The van der Waals surface area contributed by atoms with E-state index in [1.165, 1.54) is 11.1 Å². The summed E-state index contributed by atoms with van der Waals surface area (Å²) >= 11 is 0. The number of imidazole rings is 1. The van der Waals surface area contributed by atoms with Gasteiger partial charge >= 0.3 is 5.97 Å². The third-order valence-electron chi connectivity index (χ3n) is 6.37. The highest BCUT2D eigenvalue weighted by Crippen LogP contribution is 2.28. The second-order valence-corrected chi connectivity index (χ2v) is 8.75. The molecule has 3 aromatic rings. The molecule has 0 saturated carbocycles. The second kappa shape index (κ2) is 9.15. The van der Waals surface area contributed by atoms with Crippen molar-refractivity contribution in [2.45, 2.75) is 47.0 Å². The van der Waals surface area contributed by atoms with E-state index in [-0.39, 0.29) is 24.2 Å². The number of esters is 1. The number of hydrogen-bond acceptors (Lipinski definition) is 4. The van der Waals surface area contributed by atoms with E-state index in [1.54, 1.807) is 0 Å². The summed E-state index contributed by atoms with van der Waals surface area (Å²) in [5.41, 5.74) is 7.12. The van der Waals surface area contributed by atoms with Gasteiger partial charge in [-0.3, -0.25) is 9.59 Å². The Morgan fingerprint density at radius 2 is 1.94 bits per heavy atom. The number of rotatable bonds is 5. The number of aryl methyl sites for hydroxylation is 3. The molecule has 0 bridgehead atoms. The maximum Gasteiger partial charge on any atom is 0.310 e. The number of likely N-dealkylation sites (tertiary alicyclic amines) is 1. The Morgan fingerprint density at radius 3 is 2.69 bits per heavy atom. The lowest BCUT2D eigenvalue weighted by molar-refractivity contribution is -0.151. The van der Waals surface area contributed by atoms with Crippen LogP contribution in [0.1, 0.15) is 42.1 Å². The third-order valence-corrected chi connectivity index (χ3v) is 6.37. The van der Waals surface area contributed by atoms with Crippen LogP contribution in [0.5, 0.6) is 0 Å². The van der Waals surface area contributed by atoms with Gasteiger partial charge in [-0.25, -0.2) is 4.98 Å². The Labute approximate surface area is 189 Å². The number of pyridine rings is 1. The Kier molecular flexibility index (Phi) is 6.31. The van der Waals surface area contributed by atoms with Crippen molar-refractivity contribution in [2.75, 3.05) is 19.7 Å². The van der Waals surface area contributed by atoms with Gasteiger partial charge in [0.25, 0.3) is 0 Å². The molecule has 1 saturated heterocycles. The predicted molar refractivity (Wildman–Crippen MR) is 124 cm³/mol. The minimum Gasteiger partial charge on any atom is -0.466 e. The van der Waals surface area contributed by atoms with Gasteiger partial charge in [0.2, 0.25) is 5.91 Å². The first-order chi connectivity index (χ1) is 15.4. The highest BCUT2D eigenvalue weighted by molar-refractivity contribution is 5.83. The fourth-order valence-corrected chi connectivity index (χ4v) is 4.40. The minimum absolute atomic E-state index is 0.0199. The predicted octanol–water partition coefficient (Wildman–Crippen LogP) is 4.27. The minimum atomic E-state index is -0.239. The first kappa shape index (κ1) is 22.1. The number of nitrogens with zero attached hydrogens (tertiary/aromatic N) is 3. The molecule has 1 amide bonds. The zero-order valence-corrected chi connectivity index (χ0v) is 19.4. The number of piperidine rings is 1. The number of hydrogen-bond donors (Lipinski definition) is 0. The van der Waals surface area contributed by atoms with E-state index in [9.17, 15) is 9.59 Å². The number of ether oxygens (including phenoxy) is 1. The van der Waals surface area contributed by atoms with Crippen LogP contribution in [-0.4, -0.2) is 45.9 Å². The molecule has 1 aromatic carbocycles. The summed E-state index contributed by atoms with van der Waals surface area (Å²) in [6.45, 7) is 9.49. The maximum absolute atomic E-state index is 13.3. The SMILES string of the molecule is CCOC(=O)C1CCCN(C(=O)Cc2c(-c3ccc(C)c(C)c3)nc3cc(C)ccn23)C1. The lowest BCUT2D eigenvalue weighted by Gasteiger charge is -2.31. The van der Waals surface area contributed by atoms with E-state index in [4.69, 9.17) is 9.72 Å². The molecular formula is C26H31N3O3. The highest BCUT2D eigenvalue weighted by Gasteiger charge is 2.30. The van der Waals surface area contributed by atoms with Crippen molar-refractivity contribution >= 4 is 17.5 Å². The van der Waals surface area contributed by atoms with Crippen LogP contribution in [0.25, 0.3) is 16.9 Å². The number of carbonyl (C=O) groups is 2. The fraction of sp³-hybridized carbons (Fsp3) is 0.423. The lowest BCUT2D eigenvalue weighted by atomic mass is 9.97. The van der Waals surface area contributed by atoms with Crippen LogP contribution in [0.3, 0.4) is 0 Å². The third kappa shape index (κ3) is 4.40. The molecule has 6 heteroatoms. The van der Waals surface area contributed by atoms with Crippen LogP contribution in [-0.2, 0) is 20.7 Å². The van der Waals surface area contributed by atoms with E-state index in [0.29, 0.717) is 19.7 Å². The summed E-state index contributed by atoms with van der Waals surface area (Å²) in [7, 11) is 0. The summed E-state index contributed by atoms with van der Waals surface area (Å²) in [5.74, 6) is -0.422. The number of fused-ring (bicyclic) bond motifs is 1. The van der Waals surface area contributed by atoms with Crippen molar-refractivity contribution in [1.29, 1.82) is 0 Å². The molecule has 4 rings (SSSR count). The van der Waals surface area contributed by atoms with E-state index in [2.05, 4.69) is 32.0 Å². The van der Waals surface area contributed by atoms with Crippen LogP contribution in [0.2, 0.25) is 0 Å². The molecular weight excluding hydrogens is 402 g/mol. The van der Waals surface area contributed by atoms with Crippen LogP contribution in [0.15, 0.2) is 36.5 Å². The van der Waals surface area contributed by atoms with E-state index in [1.807, 2.05) is 41.5 Å². The molecule has 1 aliphatic heterocycles. The summed E-state index contributed by atoms with van der Waals surface area (Å²) in [4.78, 5) is 32.3. The van der Waals surface area contributed by atoms with Crippen LogP contribution in [0.4, 0.5) is 0 Å². The summed E-state index contributed by atoms with van der Waals surface area (Å²) in [5, 5.41) is 0. The normalized spacial score (nSPS) is 16.4. The number of carbonyl (C=O) groups excluding carboxylic acids is 2. The van der Waals surface area contributed by atoms with Crippen LogP contribution in [0, 0.1) is 26.7 Å². The van der Waals surface area contributed by atoms with Gasteiger partial charge in [0.05, 0.1) is 30.3 Å². The number of benzene rings is 1. The summed E-state index contributed by atoms with van der Waals surface area (Å²) < 4.78 is 7.21. The van der Waals surface area contributed by atoms with E-state index < -0.39 is 0 Å². The largest absolute Gasteiger partial charge is 0.466 e. The molecule has 168 valence electrons. The van der Waals surface area contributed by atoms with Crippen molar-refractivity contribution in [3.8, 4) is 11.3 Å². The average Bonchev–Trinajstić information content (AvgIpc) is 3.13. The molecule has 0 N–H and O–H groups in total.